The summed E-state index contributed by atoms with van der Waals surface area (Å²) >= 11 is 0. The number of amides is 1. The van der Waals surface area contributed by atoms with Crippen LogP contribution in [0.1, 0.15) is 12.0 Å². The Hall–Kier alpha value is -1.70. The van der Waals surface area contributed by atoms with E-state index in [2.05, 4.69) is 4.98 Å². The van der Waals surface area contributed by atoms with E-state index in [9.17, 15) is 17.1 Å². The molecule has 0 radical (unpaired) electrons. The summed E-state index contributed by atoms with van der Waals surface area (Å²) < 4.78 is 38.8. The molecule has 1 aliphatic rings. The second-order valence-electron chi connectivity index (χ2n) is 4.76. The van der Waals surface area contributed by atoms with Crippen LogP contribution in [0.5, 0.6) is 5.88 Å². The second-order valence-corrected chi connectivity index (χ2v) is 6.17. The van der Waals surface area contributed by atoms with Crippen molar-refractivity contribution in [1.29, 1.82) is 0 Å². The Labute approximate surface area is 116 Å². The van der Waals surface area contributed by atoms with Crippen molar-refractivity contribution >= 4 is 16.1 Å². The number of rotatable bonds is 5. The molecule has 0 saturated carbocycles. The summed E-state index contributed by atoms with van der Waals surface area (Å²) in [4.78, 5) is 17.3. The Morgan fingerprint density at radius 3 is 2.80 bits per heavy atom. The molecular formula is C12H15FN2O4S. The molecule has 1 amide bonds. The Balaban J connectivity index is 1.97. The fraction of sp³-hybridized carbons (Fsp3) is 0.500. The number of carbonyl (C=O) groups is 1. The van der Waals surface area contributed by atoms with Gasteiger partial charge in [0.2, 0.25) is 11.8 Å². The normalized spacial score (nSPS) is 19.4. The lowest BCUT2D eigenvalue weighted by Crippen LogP contribution is -2.25. The number of carbonyl (C=O) groups excluding carboxylic acids is 1. The number of hydrogen-bond acceptors (Lipinski definition) is 5. The molecule has 1 aromatic rings. The van der Waals surface area contributed by atoms with Gasteiger partial charge in [0.1, 0.15) is 0 Å². The molecule has 0 aliphatic carbocycles. The third-order valence-electron chi connectivity index (χ3n) is 3.11. The zero-order valence-electron chi connectivity index (χ0n) is 11.0. The molecule has 0 N–H and O–H groups in total. The first-order chi connectivity index (χ1) is 9.37. The van der Waals surface area contributed by atoms with Crippen LogP contribution in [0.4, 0.5) is 3.89 Å². The highest BCUT2D eigenvalue weighted by molar-refractivity contribution is 7.86. The highest BCUT2D eigenvalue weighted by Gasteiger charge is 2.32. The molecule has 1 aliphatic heterocycles. The van der Waals surface area contributed by atoms with E-state index in [1.807, 2.05) is 0 Å². The zero-order chi connectivity index (χ0) is 14.8. The Morgan fingerprint density at radius 2 is 2.25 bits per heavy atom. The molecule has 110 valence electrons. The molecule has 1 atom stereocenters. The van der Waals surface area contributed by atoms with Gasteiger partial charge < -0.3 is 9.64 Å². The van der Waals surface area contributed by atoms with E-state index in [0.717, 1.165) is 5.56 Å². The maximum Gasteiger partial charge on any atom is 0.302 e. The van der Waals surface area contributed by atoms with Gasteiger partial charge in [-0.1, -0.05) is 6.07 Å². The van der Waals surface area contributed by atoms with Crippen molar-refractivity contribution in [2.75, 3.05) is 19.4 Å². The zero-order valence-corrected chi connectivity index (χ0v) is 11.8. The maximum absolute atomic E-state index is 12.6. The molecule has 20 heavy (non-hydrogen) atoms. The highest BCUT2D eigenvalue weighted by atomic mass is 32.3. The Kier molecular flexibility index (Phi) is 4.22. The van der Waals surface area contributed by atoms with Gasteiger partial charge in [-0.15, -0.1) is 3.89 Å². The molecule has 1 unspecified atom stereocenters. The third kappa shape index (κ3) is 3.89. The Bertz CT molecular complexity index is 588. The van der Waals surface area contributed by atoms with Crippen LogP contribution in [0.2, 0.25) is 0 Å². The lowest BCUT2D eigenvalue weighted by atomic mass is 10.1. The quantitative estimate of drug-likeness (QED) is 0.750. The maximum atomic E-state index is 12.6. The Morgan fingerprint density at radius 1 is 1.50 bits per heavy atom. The number of halogens is 1. The summed E-state index contributed by atoms with van der Waals surface area (Å²) in [6.45, 7) is 0.576. The highest BCUT2D eigenvalue weighted by Crippen LogP contribution is 2.22. The molecule has 6 nitrogen and oxygen atoms in total. The molecule has 1 saturated heterocycles. The van der Waals surface area contributed by atoms with Gasteiger partial charge in [-0.25, -0.2) is 4.98 Å². The SMILES string of the molecule is COc1ccc(CN2CC(CS(=O)(=O)F)CC2=O)cn1. The van der Waals surface area contributed by atoms with Gasteiger partial charge in [-0.3, -0.25) is 4.79 Å². The number of aromatic nitrogens is 1. The van der Waals surface area contributed by atoms with Gasteiger partial charge in [0.25, 0.3) is 0 Å². The molecule has 1 aromatic heterocycles. The van der Waals surface area contributed by atoms with E-state index in [1.165, 1.54) is 12.0 Å². The summed E-state index contributed by atoms with van der Waals surface area (Å²) in [7, 11) is -3.04. The van der Waals surface area contributed by atoms with Crippen LogP contribution in [0, 0.1) is 5.92 Å². The number of ether oxygens (including phenoxy) is 1. The van der Waals surface area contributed by atoms with Gasteiger partial charge in [0.05, 0.1) is 12.9 Å². The third-order valence-corrected chi connectivity index (χ3v) is 3.98. The van der Waals surface area contributed by atoms with Gasteiger partial charge in [-0.05, 0) is 5.56 Å². The van der Waals surface area contributed by atoms with Gasteiger partial charge in [0, 0.05) is 37.7 Å². The van der Waals surface area contributed by atoms with Gasteiger partial charge in [-0.2, -0.15) is 8.42 Å². The monoisotopic (exact) mass is 302 g/mol. The summed E-state index contributed by atoms with van der Waals surface area (Å²) in [5.41, 5.74) is 0.808. The fourth-order valence-electron chi connectivity index (χ4n) is 2.25. The van der Waals surface area contributed by atoms with Gasteiger partial charge in [0.15, 0.2) is 0 Å². The first kappa shape index (κ1) is 14.7. The number of nitrogens with zero attached hydrogens (tertiary/aromatic N) is 2. The van der Waals surface area contributed by atoms with E-state index in [0.29, 0.717) is 12.4 Å². The lowest BCUT2D eigenvalue weighted by molar-refractivity contribution is -0.128. The van der Waals surface area contributed by atoms with Crippen LogP contribution in [0.3, 0.4) is 0 Å². The van der Waals surface area contributed by atoms with Crippen molar-refractivity contribution in [1.82, 2.24) is 9.88 Å². The first-order valence-electron chi connectivity index (χ1n) is 6.06. The standard InChI is InChI=1S/C12H15FN2O4S/c1-19-11-3-2-9(5-14-11)6-15-7-10(4-12(15)16)8-20(13,17)18/h2-3,5,10H,4,6-8H2,1H3. The topological polar surface area (TPSA) is 76.6 Å². The average Bonchev–Trinajstić information content (AvgIpc) is 2.68. The molecule has 2 heterocycles. The predicted octanol–water partition coefficient (Wildman–Crippen LogP) is 0.738. The van der Waals surface area contributed by atoms with Crippen LogP contribution in [-0.2, 0) is 21.6 Å². The lowest BCUT2D eigenvalue weighted by Gasteiger charge is -2.16. The van der Waals surface area contributed by atoms with Crippen molar-refractivity contribution in [3.63, 3.8) is 0 Å². The summed E-state index contributed by atoms with van der Waals surface area (Å²) in [5, 5.41) is 0. The van der Waals surface area contributed by atoms with E-state index >= 15 is 0 Å². The number of methoxy groups -OCH3 is 1. The van der Waals surface area contributed by atoms with Gasteiger partial charge >= 0.3 is 10.2 Å². The van der Waals surface area contributed by atoms with E-state index in [1.54, 1.807) is 18.3 Å². The average molecular weight is 302 g/mol. The van der Waals surface area contributed by atoms with Crippen molar-refractivity contribution in [2.45, 2.75) is 13.0 Å². The summed E-state index contributed by atoms with van der Waals surface area (Å²) in [5.74, 6) is -0.781. The van der Waals surface area contributed by atoms with Crippen molar-refractivity contribution in [2.24, 2.45) is 5.92 Å². The molecule has 1 fully saturated rings. The summed E-state index contributed by atoms with van der Waals surface area (Å²) in [6.07, 6.45) is 1.65. The van der Waals surface area contributed by atoms with Crippen LogP contribution in [0.15, 0.2) is 18.3 Å². The molecule has 0 spiro atoms. The van der Waals surface area contributed by atoms with Crippen molar-refractivity contribution in [3.8, 4) is 5.88 Å². The van der Waals surface area contributed by atoms with Crippen molar-refractivity contribution < 1.29 is 21.8 Å². The minimum atomic E-state index is -4.54. The minimum Gasteiger partial charge on any atom is -0.481 e. The van der Waals surface area contributed by atoms with Crippen molar-refractivity contribution in [3.05, 3.63) is 23.9 Å². The van der Waals surface area contributed by atoms with E-state index < -0.39 is 21.9 Å². The van der Waals surface area contributed by atoms with Crippen LogP contribution in [-0.4, -0.2) is 43.6 Å². The number of likely N-dealkylation sites (tertiary alicyclic amines) is 1. The van der Waals surface area contributed by atoms with E-state index in [4.69, 9.17) is 4.74 Å². The predicted molar refractivity (Wildman–Crippen MR) is 69.2 cm³/mol. The number of pyridine rings is 1. The first-order valence-corrected chi connectivity index (χ1v) is 7.61. The molecule has 0 bridgehead atoms. The van der Waals surface area contributed by atoms with Crippen LogP contribution < -0.4 is 4.74 Å². The molecular weight excluding hydrogens is 287 g/mol. The molecule has 0 aromatic carbocycles. The van der Waals surface area contributed by atoms with Crippen LogP contribution >= 0.6 is 0 Å². The van der Waals surface area contributed by atoms with Crippen LogP contribution in [0.25, 0.3) is 0 Å². The summed E-state index contributed by atoms with van der Waals surface area (Å²) in [6, 6.07) is 3.46. The molecule has 8 heteroatoms. The minimum absolute atomic E-state index is 0.0622. The molecule has 2 rings (SSSR count). The number of hydrogen-bond donors (Lipinski definition) is 0. The largest absolute Gasteiger partial charge is 0.481 e. The van der Waals surface area contributed by atoms with E-state index in [-0.39, 0.29) is 18.9 Å². The second kappa shape index (κ2) is 5.74. The smallest absolute Gasteiger partial charge is 0.302 e. The fourth-order valence-corrected chi connectivity index (χ4v) is 3.03.